The van der Waals surface area contributed by atoms with Gasteiger partial charge in [-0.1, -0.05) is 36.4 Å². The quantitative estimate of drug-likeness (QED) is 0.668. The van der Waals surface area contributed by atoms with Crippen LogP contribution in [-0.2, 0) is 6.42 Å². The fourth-order valence-corrected chi connectivity index (χ4v) is 3.36. The highest BCUT2D eigenvalue weighted by Crippen LogP contribution is 2.35. The number of nitrogens with zero attached hydrogens (tertiary/aromatic N) is 1. The van der Waals surface area contributed by atoms with Crippen molar-refractivity contribution in [2.45, 2.75) is 26.3 Å². The first-order valence-electron chi connectivity index (χ1n) is 7.56. The topological polar surface area (TPSA) is 33.5 Å². The molecule has 0 N–H and O–H groups in total. The van der Waals surface area contributed by atoms with Crippen LogP contribution in [0.3, 0.4) is 0 Å². The molecule has 0 aliphatic carbocycles. The van der Waals surface area contributed by atoms with Crippen molar-refractivity contribution in [2.75, 3.05) is 4.90 Å². The maximum atomic E-state index is 13.0. The van der Waals surface area contributed by atoms with Gasteiger partial charge in [-0.2, -0.15) is 0 Å². The molecule has 1 aliphatic heterocycles. The van der Waals surface area contributed by atoms with Gasteiger partial charge in [0.05, 0.1) is 0 Å². The van der Waals surface area contributed by atoms with Crippen LogP contribution in [0.25, 0.3) is 11.0 Å². The molecule has 0 unspecified atom stereocenters. The number of furan rings is 1. The third-order valence-corrected chi connectivity index (χ3v) is 4.46. The number of amides is 1. The summed E-state index contributed by atoms with van der Waals surface area (Å²) in [7, 11) is 0. The predicted molar refractivity (Wildman–Crippen MR) is 87.4 cm³/mol. The Morgan fingerprint density at radius 2 is 1.86 bits per heavy atom. The molecule has 1 aliphatic rings. The second kappa shape index (κ2) is 4.73. The molecule has 110 valence electrons. The average molecular weight is 291 g/mol. The Hall–Kier alpha value is -2.55. The maximum Gasteiger partial charge on any atom is 0.294 e. The van der Waals surface area contributed by atoms with Crippen LogP contribution in [-0.4, -0.2) is 11.9 Å². The zero-order chi connectivity index (χ0) is 15.3. The number of carbonyl (C=O) groups is 1. The van der Waals surface area contributed by atoms with Gasteiger partial charge in [0, 0.05) is 22.7 Å². The van der Waals surface area contributed by atoms with Crippen LogP contribution in [0.4, 0.5) is 5.69 Å². The van der Waals surface area contributed by atoms with E-state index in [0.29, 0.717) is 5.76 Å². The van der Waals surface area contributed by atoms with E-state index in [9.17, 15) is 4.79 Å². The molecule has 2 aromatic carbocycles. The van der Waals surface area contributed by atoms with E-state index in [1.807, 2.05) is 54.3 Å². The first kappa shape index (κ1) is 13.1. The molecule has 1 atom stereocenters. The van der Waals surface area contributed by atoms with Crippen molar-refractivity contribution in [1.29, 1.82) is 0 Å². The molecule has 1 aromatic heterocycles. The molecular weight excluding hydrogens is 274 g/mol. The monoisotopic (exact) mass is 291 g/mol. The first-order valence-corrected chi connectivity index (χ1v) is 7.56. The molecule has 3 nitrogen and oxygen atoms in total. The number of benzene rings is 2. The Morgan fingerprint density at radius 3 is 2.68 bits per heavy atom. The van der Waals surface area contributed by atoms with Crippen molar-refractivity contribution >= 4 is 22.6 Å². The minimum absolute atomic E-state index is 0.0499. The fourth-order valence-electron chi connectivity index (χ4n) is 3.36. The van der Waals surface area contributed by atoms with E-state index in [2.05, 4.69) is 13.0 Å². The number of anilines is 1. The second-order valence-corrected chi connectivity index (χ2v) is 5.91. The Balaban J connectivity index is 1.82. The standard InChI is InChI=1S/C19H17NO2/c1-12-11-14-7-3-5-9-16(14)20(12)19(21)18-13(2)15-8-4-6-10-17(15)22-18/h3-10,12H,11H2,1-2H3/t12-/m1/s1. The highest BCUT2D eigenvalue weighted by Gasteiger charge is 2.33. The van der Waals surface area contributed by atoms with Crippen LogP contribution in [0.5, 0.6) is 0 Å². The van der Waals surface area contributed by atoms with Crippen molar-refractivity contribution in [3.63, 3.8) is 0 Å². The van der Waals surface area contributed by atoms with Gasteiger partial charge >= 0.3 is 0 Å². The minimum atomic E-state index is -0.0499. The zero-order valence-corrected chi connectivity index (χ0v) is 12.7. The van der Waals surface area contributed by atoms with Crippen molar-refractivity contribution in [3.8, 4) is 0 Å². The smallest absolute Gasteiger partial charge is 0.294 e. The average Bonchev–Trinajstić information content (AvgIpc) is 3.04. The molecule has 3 aromatic rings. The van der Waals surface area contributed by atoms with E-state index < -0.39 is 0 Å². The molecule has 0 saturated heterocycles. The summed E-state index contributed by atoms with van der Waals surface area (Å²) in [4.78, 5) is 14.9. The van der Waals surface area contributed by atoms with Crippen molar-refractivity contribution in [3.05, 3.63) is 65.4 Å². The van der Waals surface area contributed by atoms with Gasteiger partial charge in [-0.25, -0.2) is 0 Å². The number of aryl methyl sites for hydroxylation is 1. The van der Waals surface area contributed by atoms with Crippen molar-refractivity contribution < 1.29 is 9.21 Å². The van der Waals surface area contributed by atoms with E-state index in [1.165, 1.54) is 5.56 Å². The normalized spacial score (nSPS) is 17.0. The molecule has 2 heterocycles. The van der Waals surface area contributed by atoms with Crippen LogP contribution < -0.4 is 4.90 Å². The van der Waals surface area contributed by atoms with Crippen LogP contribution in [0, 0.1) is 6.92 Å². The van der Waals surface area contributed by atoms with Gasteiger partial charge < -0.3 is 9.32 Å². The Kier molecular flexibility index (Phi) is 2.83. The SMILES string of the molecule is Cc1c(C(=O)N2c3ccccc3C[C@H]2C)oc2ccccc12. The molecule has 3 heteroatoms. The summed E-state index contributed by atoms with van der Waals surface area (Å²) in [6.07, 6.45) is 0.890. The second-order valence-electron chi connectivity index (χ2n) is 5.91. The molecule has 1 amide bonds. The molecule has 0 bridgehead atoms. The molecule has 0 fully saturated rings. The van der Waals surface area contributed by atoms with Crippen LogP contribution in [0.15, 0.2) is 52.9 Å². The summed E-state index contributed by atoms with van der Waals surface area (Å²) in [6.45, 7) is 4.03. The van der Waals surface area contributed by atoms with E-state index >= 15 is 0 Å². The summed E-state index contributed by atoms with van der Waals surface area (Å²) in [5, 5.41) is 1.01. The highest BCUT2D eigenvalue weighted by atomic mass is 16.3. The first-order chi connectivity index (χ1) is 10.7. The van der Waals surface area contributed by atoms with Gasteiger partial charge in [-0.3, -0.25) is 4.79 Å². The summed E-state index contributed by atoms with van der Waals surface area (Å²) in [5.41, 5.74) is 3.90. The fraction of sp³-hybridized carbons (Fsp3) is 0.211. The van der Waals surface area contributed by atoms with Gasteiger partial charge in [0.2, 0.25) is 0 Å². The Morgan fingerprint density at radius 1 is 1.14 bits per heavy atom. The number of carbonyl (C=O) groups excluding carboxylic acids is 1. The lowest BCUT2D eigenvalue weighted by atomic mass is 10.1. The van der Waals surface area contributed by atoms with E-state index in [1.54, 1.807) is 0 Å². The van der Waals surface area contributed by atoms with Crippen LogP contribution in [0.1, 0.15) is 28.6 Å². The highest BCUT2D eigenvalue weighted by molar-refractivity contribution is 6.09. The maximum absolute atomic E-state index is 13.0. The van der Waals surface area contributed by atoms with Crippen molar-refractivity contribution in [1.82, 2.24) is 0 Å². The third-order valence-electron chi connectivity index (χ3n) is 4.46. The van der Waals surface area contributed by atoms with Gasteiger partial charge in [0.15, 0.2) is 5.76 Å². The molecule has 0 saturated carbocycles. The molecule has 0 spiro atoms. The Labute approximate surface area is 129 Å². The minimum Gasteiger partial charge on any atom is -0.451 e. The summed E-state index contributed by atoms with van der Waals surface area (Å²) in [6, 6.07) is 16.0. The largest absolute Gasteiger partial charge is 0.451 e. The Bertz CT molecular complexity index is 878. The van der Waals surface area contributed by atoms with Crippen LogP contribution >= 0.6 is 0 Å². The van der Waals surface area contributed by atoms with Gasteiger partial charge in [-0.15, -0.1) is 0 Å². The molecular formula is C19H17NO2. The number of hydrogen-bond donors (Lipinski definition) is 0. The number of hydrogen-bond acceptors (Lipinski definition) is 2. The van der Waals surface area contributed by atoms with E-state index in [-0.39, 0.29) is 11.9 Å². The summed E-state index contributed by atoms with van der Waals surface area (Å²) < 4.78 is 5.85. The predicted octanol–water partition coefficient (Wildman–Crippen LogP) is 4.33. The number of fused-ring (bicyclic) bond motifs is 2. The lowest BCUT2D eigenvalue weighted by Crippen LogP contribution is -2.35. The molecule has 0 radical (unpaired) electrons. The third kappa shape index (κ3) is 1.78. The number of rotatable bonds is 1. The van der Waals surface area contributed by atoms with Gasteiger partial charge in [0.1, 0.15) is 5.58 Å². The van der Waals surface area contributed by atoms with E-state index in [0.717, 1.165) is 28.6 Å². The summed E-state index contributed by atoms with van der Waals surface area (Å²) in [5.74, 6) is 0.399. The van der Waals surface area contributed by atoms with Gasteiger partial charge in [0.25, 0.3) is 5.91 Å². The number of para-hydroxylation sites is 2. The van der Waals surface area contributed by atoms with E-state index in [4.69, 9.17) is 4.42 Å². The van der Waals surface area contributed by atoms with Crippen molar-refractivity contribution in [2.24, 2.45) is 0 Å². The van der Waals surface area contributed by atoms with Crippen LogP contribution in [0.2, 0.25) is 0 Å². The molecule has 4 rings (SSSR count). The zero-order valence-electron chi connectivity index (χ0n) is 12.7. The lowest BCUT2D eigenvalue weighted by molar-refractivity contribution is 0.0956. The van der Waals surface area contributed by atoms with Gasteiger partial charge in [-0.05, 0) is 38.0 Å². The molecule has 22 heavy (non-hydrogen) atoms. The lowest BCUT2D eigenvalue weighted by Gasteiger charge is -2.21. The summed E-state index contributed by atoms with van der Waals surface area (Å²) >= 11 is 0.